The molecule has 0 aromatic heterocycles. The van der Waals surface area contributed by atoms with Crippen LogP contribution in [-0.4, -0.2) is 37.4 Å². The zero-order valence-electron chi connectivity index (χ0n) is 23.1. The number of rotatable bonds is 10. The molecule has 10 heteroatoms. The maximum absolute atomic E-state index is 13.2. The van der Waals surface area contributed by atoms with Crippen molar-refractivity contribution < 1.29 is 33.3 Å². The molecule has 216 valence electrons. The Kier molecular flexibility index (Phi) is 9.08. The molecule has 5 rings (SSSR count). The number of hydrazone groups is 1. The Bertz CT molecular complexity index is 1690. The number of nitrogens with one attached hydrogen (secondary N) is 2. The average molecular weight is 578 g/mol. The summed E-state index contributed by atoms with van der Waals surface area (Å²) in [4.78, 5) is 38.6. The summed E-state index contributed by atoms with van der Waals surface area (Å²) in [6.07, 6.45) is 2.91. The van der Waals surface area contributed by atoms with Gasteiger partial charge in [0.15, 0.2) is 23.0 Å². The molecule has 0 bridgehead atoms. The van der Waals surface area contributed by atoms with Crippen molar-refractivity contribution in [2.75, 3.05) is 13.4 Å². The molecule has 4 aromatic rings. The van der Waals surface area contributed by atoms with Crippen LogP contribution in [0.4, 0.5) is 0 Å². The van der Waals surface area contributed by atoms with Gasteiger partial charge in [0.25, 0.3) is 11.8 Å². The van der Waals surface area contributed by atoms with Gasteiger partial charge >= 0.3 is 5.97 Å². The Hall–Kier alpha value is -5.90. The van der Waals surface area contributed by atoms with Gasteiger partial charge in [-0.15, -0.1) is 0 Å². The maximum atomic E-state index is 13.2. The molecule has 0 spiro atoms. The van der Waals surface area contributed by atoms with Gasteiger partial charge in [0.1, 0.15) is 5.70 Å². The molecule has 1 aliphatic rings. The van der Waals surface area contributed by atoms with Crippen LogP contribution in [0.2, 0.25) is 0 Å². The summed E-state index contributed by atoms with van der Waals surface area (Å²) in [7, 11) is 0. The van der Waals surface area contributed by atoms with E-state index in [1.54, 1.807) is 91.0 Å². The molecule has 1 aliphatic heterocycles. The van der Waals surface area contributed by atoms with E-state index in [0.29, 0.717) is 46.1 Å². The Labute approximate surface area is 247 Å². The van der Waals surface area contributed by atoms with Gasteiger partial charge in [-0.1, -0.05) is 42.5 Å². The van der Waals surface area contributed by atoms with Gasteiger partial charge in [-0.3, -0.25) is 9.59 Å². The van der Waals surface area contributed by atoms with Gasteiger partial charge in [-0.25, -0.2) is 10.2 Å². The van der Waals surface area contributed by atoms with Crippen LogP contribution in [0.5, 0.6) is 23.0 Å². The first-order valence-corrected chi connectivity index (χ1v) is 13.4. The number of ether oxygens (including phenoxy) is 4. The van der Waals surface area contributed by atoms with Crippen LogP contribution in [0.3, 0.4) is 0 Å². The first kappa shape index (κ1) is 28.6. The molecule has 0 radical (unpaired) electrons. The lowest BCUT2D eigenvalue weighted by atomic mass is 10.1. The zero-order valence-corrected chi connectivity index (χ0v) is 23.1. The minimum absolute atomic E-state index is 0.0388. The number of carbonyl (C=O) groups is 3. The van der Waals surface area contributed by atoms with Crippen LogP contribution in [0.15, 0.2) is 108 Å². The Morgan fingerprint density at radius 2 is 1.51 bits per heavy atom. The van der Waals surface area contributed by atoms with Crippen molar-refractivity contribution in [1.82, 2.24) is 10.7 Å². The Morgan fingerprint density at radius 3 is 2.26 bits per heavy atom. The van der Waals surface area contributed by atoms with E-state index in [4.69, 9.17) is 18.9 Å². The monoisotopic (exact) mass is 577 g/mol. The van der Waals surface area contributed by atoms with E-state index >= 15 is 0 Å². The molecule has 10 nitrogen and oxygen atoms in total. The lowest BCUT2D eigenvalue weighted by Crippen LogP contribution is -2.32. The molecule has 0 unspecified atom stereocenters. The topological polar surface area (TPSA) is 125 Å². The molecular formula is C33H27N3O7. The molecule has 4 aromatic carbocycles. The third-order valence-corrected chi connectivity index (χ3v) is 6.10. The Balaban J connectivity index is 1.32. The van der Waals surface area contributed by atoms with E-state index in [0.717, 1.165) is 0 Å². The SMILES string of the molecule is CCOc1cc(C=NNC(=O)C(=Cc2ccc3c(c2)OCO3)NC(=O)c2ccccc2)ccc1OC(=O)c1ccccc1. The Morgan fingerprint density at radius 1 is 0.814 bits per heavy atom. The number of hydrogen-bond acceptors (Lipinski definition) is 8. The van der Waals surface area contributed by atoms with Crippen molar-refractivity contribution in [3.63, 3.8) is 0 Å². The van der Waals surface area contributed by atoms with Gasteiger partial charge in [-0.05, 0) is 78.7 Å². The summed E-state index contributed by atoms with van der Waals surface area (Å²) in [6, 6.07) is 27.2. The van der Waals surface area contributed by atoms with Gasteiger partial charge in [0, 0.05) is 5.56 Å². The van der Waals surface area contributed by atoms with Gasteiger partial charge in [0.2, 0.25) is 6.79 Å². The summed E-state index contributed by atoms with van der Waals surface area (Å²) >= 11 is 0. The molecule has 43 heavy (non-hydrogen) atoms. The minimum atomic E-state index is -0.656. The summed E-state index contributed by atoms with van der Waals surface area (Å²) in [5, 5.41) is 6.72. The molecule has 0 fully saturated rings. The predicted octanol–water partition coefficient (Wildman–Crippen LogP) is 4.95. The van der Waals surface area contributed by atoms with Crippen molar-refractivity contribution in [2.45, 2.75) is 6.92 Å². The van der Waals surface area contributed by atoms with E-state index in [1.165, 1.54) is 12.3 Å². The standard InChI is InChI=1S/C33H27N3O7/c1-2-40-30-19-23(14-16-28(30)43-33(39)25-11-7-4-8-12-25)20-34-36-32(38)26(35-31(37)24-9-5-3-6-10-24)17-22-13-15-27-29(18-22)42-21-41-27/h3-20H,2,21H2,1H3,(H,35,37)(H,36,38). The van der Waals surface area contributed by atoms with E-state index in [-0.39, 0.29) is 18.2 Å². The number of amides is 2. The highest BCUT2D eigenvalue weighted by atomic mass is 16.7. The highest BCUT2D eigenvalue weighted by Gasteiger charge is 2.17. The highest BCUT2D eigenvalue weighted by Crippen LogP contribution is 2.33. The second-order valence-corrected chi connectivity index (χ2v) is 9.08. The molecule has 0 saturated heterocycles. The van der Waals surface area contributed by atoms with E-state index in [1.807, 2.05) is 13.0 Å². The van der Waals surface area contributed by atoms with Crippen molar-refractivity contribution in [1.29, 1.82) is 0 Å². The largest absolute Gasteiger partial charge is 0.490 e. The third kappa shape index (κ3) is 7.44. The lowest BCUT2D eigenvalue weighted by Gasteiger charge is -2.11. The molecule has 1 heterocycles. The molecule has 0 atom stereocenters. The van der Waals surface area contributed by atoms with Crippen LogP contribution in [0.1, 0.15) is 38.8 Å². The minimum Gasteiger partial charge on any atom is -0.490 e. The second-order valence-electron chi connectivity index (χ2n) is 9.08. The van der Waals surface area contributed by atoms with Crippen molar-refractivity contribution >= 4 is 30.1 Å². The van der Waals surface area contributed by atoms with Gasteiger partial charge < -0.3 is 24.3 Å². The van der Waals surface area contributed by atoms with Crippen LogP contribution in [-0.2, 0) is 4.79 Å². The first-order chi connectivity index (χ1) is 21.0. The fourth-order valence-electron chi connectivity index (χ4n) is 4.03. The van der Waals surface area contributed by atoms with Crippen molar-refractivity contribution in [2.24, 2.45) is 5.10 Å². The van der Waals surface area contributed by atoms with Crippen molar-refractivity contribution in [3.05, 3.63) is 125 Å². The molecule has 2 N–H and O–H groups in total. The number of fused-ring (bicyclic) bond motifs is 1. The van der Waals surface area contributed by atoms with Crippen LogP contribution < -0.4 is 29.7 Å². The molecule has 0 saturated carbocycles. The summed E-state index contributed by atoms with van der Waals surface area (Å²) < 4.78 is 22.0. The van der Waals surface area contributed by atoms with Gasteiger partial charge in [-0.2, -0.15) is 5.10 Å². The number of nitrogens with zero attached hydrogens (tertiary/aromatic N) is 1. The lowest BCUT2D eigenvalue weighted by molar-refractivity contribution is -0.117. The normalized spacial score (nSPS) is 12.1. The summed E-state index contributed by atoms with van der Waals surface area (Å²) in [5.74, 6) is 0.0622. The van der Waals surface area contributed by atoms with Crippen molar-refractivity contribution in [3.8, 4) is 23.0 Å². The van der Waals surface area contributed by atoms with Crippen LogP contribution in [0, 0.1) is 0 Å². The fourth-order valence-corrected chi connectivity index (χ4v) is 4.03. The molecule has 0 aliphatic carbocycles. The first-order valence-electron chi connectivity index (χ1n) is 13.4. The predicted molar refractivity (Wildman–Crippen MR) is 159 cm³/mol. The third-order valence-electron chi connectivity index (χ3n) is 6.10. The number of benzene rings is 4. The maximum Gasteiger partial charge on any atom is 0.343 e. The summed E-state index contributed by atoms with van der Waals surface area (Å²) in [6.45, 7) is 2.25. The average Bonchev–Trinajstić information content (AvgIpc) is 3.51. The fraction of sp³-hybridized carbons (Fsp3) is 0.0909. The zero-order chi connectivity index (χ0) is 30.0. The van der Waals surface area contributed by atoms with Gasteiger partial charge in [0.05, 0.1) is 18.4 Å². The number of esters is 1. The van der Waals surface area contributed by atoms with Crippen LogP contribution in [0.25, 0.3) is 6.08 Å². The smallest absolute Gasteiger partial charge is 0.343 e. The molecule has 2 amide bonds. The molecular weight excluding hydrogens is 550 g/mol. The van der Waals surface area contributed by atoms with E-state index < -0.39 is 17.8 Å². The number of carbonyl (C=O) groups excluding carboxylic acids is 3. The second kappa shape index (κ2) is 13.6. The quantitative estimate of drug-likeness (QED) is 0.0898. The van der Waals surface area contributed by atoms with E-state index in [9.17, 15) is 14.4 Å². The summed E-state index contributed by atoms with van der Waals surface area (Å²) in [5.41, 5.74) is 4.37. The van der Waals surface area contributed by atoms with E-state index in [2.05, 4.69) is 15.8 Å². The highest BCUT2D eigenvalue weighted by molar-refractivity contribution is 6.05. The number of hydrogen-bond donors (Lipinski definition) is 2. The van der Waals surface area contributed by atoms with Crippen LogP contribution >= 0.6 is 0 Å².